The molecule has 6 amide bonds. The smallest absolute Gasteiger partial charge is 0.328 e. The summed E-state index contributed by atoms with van der Waals surface area (Å²) in [4.78, 5) is 111. The normalized spacial score (nSPS) is 24.4. The minimum atomic E-state index is -1.11. The van der Waals surface area contributed by atoms with E-state index in [1.807, 2.05) is 0 Å². The van der Waals surface area contributed by atoms with Gasteiger partial charge in [-0.05, 0) is 59.3 Å². The Morgan fingerprint density at radius 1 is 0.508 bits per heavy atom. The molecule has 0 bridgehead atoms. The zero-order chi connectivity index (χ0) is 45.4. The molecule has 0 spiro atoms. The van der Waals surface area contributed by atoms with Crippen LogP contribution in [0.2, 0.25) is 0 Å². The maximum Gasteiger partial charge on any atom is 0.328 e. The van der Waals surface area contributed by atoms with Crippen molar-refractivity contribution in [3.05, 3.63) is 34.9 Å². The van der Waals surface area contributed by atoms with Crippen LogP contribution in [-0.4, -0.2) is 142 Å². The van der Waals surface area contributed by atoms with Gasteiger partial charge in [-0.3, -0.25) is 44.4 Å². The summed E-state index contributed by atoms with van der Waals surface area (Å²) in [7, 11) is 0. The molecule has 1 heterocycles. The molecule has 0 aliphatic carbocycles. The maximum atomic E-state index is 12.8. The molecule has 1 rings (SSSR count). The molecule has 3 unspecified atom stereocenters. The van der Waals surface area contributed by atoms with Crippen LogP contribution in [0.3, 0.4) is 0 Å². The number of carbonyl (C=O) groups is 9. The summed E-state index contributed by atoms with van der Waals surface area (Å²) >= 11 is 0. The standard InChI is InChI=1S/C39H60N6O15.Cr/c1-25-13-19-58-37(52)31(40-28(4)46)11-8-17-44(56)35(50)23-27(3)15-21-60-39(54)33(42-30(6)48)12-9-18-45(57)36(51)24-26(2)14-20-59-38(53)32(41-29(5)47)10-7-16-43(55)34(49)22-25;/h22-24,31-33,55-57H,7-21H2,1-6H3,(H,40,46)(H,41,47)(H,42,48);/b25-22-,26-24-,27-23+;. The van der Waals surface area contributed by atoms with Gasteiger partial charge in [0.1, 0.15) is 18.1 Å². The van der Waals surface area contributed by atoms with Gasteiger partial charge in [0.25, 0.3) is 17.7 Å². The quantitative estimate of drug-likeness (QED) is 0.132. The van der Waals surface area contributed by atoms with Crippen molar-refractivity contribution in [3.63, 3.8) is 0 Å². The van der Waals surface area contributed by atoms with E-state index in [2.05, 4.69) is 16.0 Å². The topological polar surface area (TPSA) is 288 Å². The van der Waals surface area contributed by atoms with E-state index in [1.54, 1.807) is 20.8 Å². The van der Waals surface area contributed by atoms with Gasteiger partial charge in [0, 0.05) is 95.3 Å². The fourth-order valence-corrected chi connectivity index (χ4v) is 5.46. The molecule has 61 heavy (non-hydrogen) atoms. The van der Waals surface area contributed by atoms with E-state index in [0.717, 1.165) is 18.2 Å². The van der Waals surface area contributed by atoms with Crippen molar-refractivity contribution in [2.24, 2.45) is 0 Å². The predicted molar refractivity (Wildman–Crippen MR) is 209 cm³/mol. The zero-order valence-corrected chi connectivity index (χ0v) is 36.8. The predicted octanol–water partition coefficient (Wildman–Crippen LogP) is 1.14. The van der Waals surface area contributed by atoms with Gasteiger partial charge in [0.2, 0.25) is 17.7 Å². The first-order valence-corrected chi connectivity index (χ1v) is 19.5. The van der Waals surface area contributed by atoms with Gasteiger partial charge in [-0.2, -0.15) is 0 Å². The monoisotopic (exact) mass is 904 g/mol. The van der Waals surface area contributed by atoms with E-state index in [4.69, 9.17) is 14.2 Å². The van der Waals surface area contributed by atoms with Gasteiger partial charge >= 0.3 is 17.9 Å². The van der Waals surface area contributed by atoms with E-state index < -0.39 is 71.5 Å². The second-order valence-corrected chi connectivity index (χ2v) is 14.3. The number of esters is 3. The fourth-order valence-electron chi connectivity index (χ4n) is 5.46. The van der Waals surface area contributed by atoms with Crippen molar-refractivity contribution in [2.75, 3.05) is 39.5 Å². The average Bonchev–Trinajstić information content (AvgIpc) is 3.15. The van der Waals surface area contributed by atoms with Crippen molar-refractivity contribution >= 4 is 53.4 Å². The number of nitrogens with zero attached hydrogens (tertiary/aromatic N) is 3. The number of hydrogen-bond donors (Lipinski definition) is 6. The number of cyclic esters (lactones) is 3. The first kappa shape index (κ1) is 55.9. The molecule has 3 atom stereocenters. The van der Waals surface area contributed by atoms with Crippen LogP contribution in [0.1, 0.15) is 99.3 Å². The zero-order valence-electron chi connectivity index (χ0n) is 35.6. The van der Waals surface area contributed by atoms with Crippen LogP contribution in [-0.2, 0) is 74.7 Å². The fraction of sp³-hybridized carbons (Fsp3) is 0.615. The molecule has 22 heteroatoms. The summed E-state index contributed by atoms with van der Waals surface area (Å²) in [6.07, 6.45) is 3.86. The molecule has 0 fully saturated rings. The van der Waals surface area contributed by atoms with Crippen LogP contribution in [0, 0.1) is 0 Å². The molecule has 0 saturated carbocycles. The molecule has 21 nitrogen and oxygen atoms in total. The molecule has 1 aliphatic heterocycles. The van der Waals surface area contributed by atoms with Gasteiger partial charge in [0.15, 0.2) is 0 Å². The minimum absolute atomic E-state index is 0. The van der Waals surface area contributed by atoms with Crippen molar-refractivity contribution in [1.82, 2.24) is 31.1 Å². The van der Waals surface area contributed by atoms with E-state index in [1.165, 1.54) is 20.8 Å². The van der Waals surface area contributed by atoms with Crippen LogP contribution in [0.15, 0.2) is 34.9 Å². The van der Waals surface area contributed by atoms with Crippen LogP contribution >= 0.6 is 0 Å². The van der Waals surface area contributed by atoms with Crippen LogP contribution in [0.5, 0.6) is 0 Å². The van der Waals surface area contributed by atoms with E-state index in [9.17, 15) is 58.8 Å². The van der Waals surface area contributed by atoms with E-state index in [-0.39, 0.29) is 115 Å². The number of hydroxylamine groups is 6. The summed E-state index contributed by atoms with van der Waals surface area (Å²) in [6.45, 7) is 7.11. The summed E-state index contributed by atoms with van der Waals surface area (Å²) in [6, 6.07) is -3.33. The first-order valence-electron chi connectivity index (χ1n) is 19.5. The van der Waals surface area contributed by atoms with Crippen molar-refractivity contribution in [2.45, 2.75) is 117 Å². The SMILES string of the molecule is CC(=O)NC1CCCN(O)C(=O)/C=C(/C)CCOC(=O)C(NC(C)=O)CCCN(O)C(=O)/C=C(\C)CCOC(=O)C(NC(C)=O)CCCN(O)C(=O)/C=C(/C)CCOC1=O.[Cr]. The molecular weight excluding hydrogens is 844 g/mol. The largest absolute Gasteiger partial charge is 0.464 e. The van der Waals surface area contributed by atoms with Crippen LogP contribution in [0.4, 0.5) is 0 Å². The third-order valence-corrected chi connectivity index (χ3v) is 8.67. The third-order valence-electron chi connectivity index (χ3n) is 8.67. The molecule has 0 saturated heterocycles. The number of amides is 6. The Morgan fingerprint density at radius 3 is 0.951 bits per heavy atom. The van der Waals surface area contributed by atoms with Gasteiger partial charge in [-0.15, -0.1) is 0 Å². The Balaban J connectivity index is 0.0000360. The number of ether oxygens (including phenoxy) is 3. The van der Waals surface area contributed by atoms with Gasteiger partial charge in [-0.25, -0.2) is 29.6 Å². The number of nitrogens with one attached hydrogen (secondary N) is 3. The van der Waals surface area contributed by atoms with Crippen molar-refractivity contribution in [1.29, 1.82) is 0 Å². The number of hydrogen-bond acceptors (Lipinski definition) is 15. The third kappa shape index (κ3) is 24.7. The second-order valence-electron chi connectivity index (χ2n) is 14.3. The first-order chi connectivity index (χ1) is 28.2. The maximum absolute atomic E-state index is 12.8. The molecule has 342 valence electrons. The molecule has 0 aromatic rings. The Hall–Kier alpha value is -5.14. The Labute approximate surface area is 365 Å². The summed E-state index contributed by atoms with van der Waals surface area (Å²) in [5, 5.41) is 39.6. The summed E-state index contributed by atoms with van der Waals surface area (Å²) in [5.41, 5.74) is 1.32. The van der Waals surface area contributed by atoms with Crippen LogP contribution < -0.4 is 16.0 Å². The Bertz CT molecular complexity index is 1450. The Kier molecular flexibility index (Phi) is 27.5. The van der Waals surface area contributed by atoms with E-state index >= 15 is 0 Å². The summed E-state index contributed by atoms with van der Waals surface area (Å²) < 4.78 is 15.9. The van der Waals surface area contributed by atoms with Gasteiger partial charge < -0.3 is 30.2 Å². The van der Waals surface area contributed by atoms with Crippen molar-refractivity contribution in [3.8, 4) is 0 Å². The number of rotatable bonds is 3. The average molecular weight is 905 g/mol. The Morgan fingerprint density at radius 2 is 0.738 bits per heavy atom. The van der Waals surface area contributed by atoms with E-state index in [0.29, 0.717) is 31.9 Å². The molecule has 0 aromatic heterocycles. The minimum Gasteiger partial charge on any atom is -0.464 e. The molecule has 0 aromatic carbocycles. The molecule has 0 radical (unpaired) electrons. The summed E-state index contributed by atoms with van der Waals surface area (Å²) in [5.74, 6) is -6.32. The molecule has 6 N–H and O–H groups in total. The second kappa shape index (κ2) is 30.0. The van der Waals surface area contributed by atoms with Crippen LogP contribution in [0.25, 0.3) is 0 Å². The van der Waals surface area contributed by atoms with Gasteiger partial charge in [0.05, 0.1) is 19.8 Å². The molecular formula is C39H60CrN6O15. The van der Waals surface area contributed by atoms with Gasteiger partial charge in [-0.1, -0.05) is 16.7 Å². The number of carbonyl (C=O) groups excluding carboxylic acids is 9. The van der Waals surface area contributed by atoms with Crippen molar-refractivity contribution < 1.29 is 90.3 Å². The molecule has 1 aliphatic rings.